The second-order valence-electron chi connectivity index (χ2n) is 2.75. The number of ether oxygens (including phenoxy) is 1. The van der Waals surface area contributed by atoms with Crippen LogP contribution in [0.15, 0.2) is 48.5 Å². The Balaban J connectivity index is 2.19. The predicted octanol–water partition coefficient (Wildman–Crippen LogP) is 2.58. The van der Waals surface area contributed by atoms with E-state index in [4.69, 9.17) is 9.84 Å². The predicted molar refractivity (Wildman–Crippen MR) is 52.4 cm³/mol. The number of benzene rings is 1. The van der Waals surface area contributed by atoms with Crippen LogP contribution < -0.4 is 4.74 Å². The van der Waals surface area contributed by atoms with E-state index >= 15 is 0 Å². The highest BCUT2D eigenvalue weighted by molar-refractivity contribution is 5.27. The molecule has 1 aromatic carbocycles. The molecule has 2 rings (SSSR count). The third kappa shape index (κ3) is 2.01. The molecule has 0 radical (unpaired) electrons. The van der Waals surface area contributed by atoms with Crippen molar-refractivity contribution in [3.8, 4) is 17.5 Å². The van der Waals surface area contributed by atoms with E-state index in [2.05, 4.69) is 4.98 Å². The smallest absolute Gasteiger partial charge is 0.222 e. The molecule has 0 fully saturated rings. The number of nitrogens with zero attached hydrogens (tertiary/aromatic N) is 1. The average Bonchev–Trinajstić information content (AvgIpc) is 2.19. The second kappa shape index (κ2) is 3.79. The summed E-state index contributed by atoms with van der Waals surface area (Å²) in [5.74, 6) is 1.04. The Hall–Kier alpha value is -2.03. The van der Waals surface area contributed by atoms with Gasteiger partial charge in [0.05, 0.1) is 0 Å². The quantitative estimate of drug-likeness (QED) is 0.785. The van der Waals surface area contributed by atoms with Crippen LogP contribution in [-0.4, -0.2) is 10.1 Å². The van der Waals surface area contributed by atoms with Gasteiger partial charge >= 0.3 is 0 Å². The first-order valence-corrected chi connectivity index (χ1v) is 4.23. The monoisotopic (exact) mass is 187 g/mol. The molecule has 0 unspecified atom stereocenters. The molecule has 0 atom stereocenters. The van der Waals surface area contributed by atoms with Crippen molar-refractivity contribution in [3.05, 3.63) is 48.5 Å². The van der Waals surface area contributed by atoms with Crippen LogP contribution in [0.25, 0.3) is 0 Å². The molecule has 2 aromatic rings. The van der Waals surface area contributed by atoms with Crippen LogP contribution in [0.3, 0.4) is 0 Å². The molecule has 0 aliphatic heterocycles. The second-order valence-corrected chi connectivity index (χ2v) is 2.75. The molecule has 0 saturated carbocycles. The first kappa shape index (κ1) is 8.56. The Morgan fingerprint density at radius 2 is 1.71 bits per heavy atom. The summed E-state index contributed by atoms with van der Waals surface area (Å²) < 4.78 is 5.39. The highest BCUT2D eigenvalue weighted by Crippen LogP contribution is 2.19. The van der Waals surface area contributed by atoms with Gasteiger partial charge in [-0.05, 0) is 12.1 Å². The Labute approximate surface area is 81.6 Å². The Morgan fingerprint density at radius 3 is 2.43 bits per heavy atom. The maximum atomic E-state index is 9.10. The topological polar surface area (TPSA) is 42.4 Å². The van der Waals surface area contributed by atoms with Gasteiger partial charge in [-0.3, -0.25) is 0 Å². The molecule has 0 saturated heterocycles. The van der Waals surface area contributed by atoms with Crippen molar-refractivity contribution in [2.75, 3.05) is 0 Å². The van der Waals surface area contributed by atoms with E-state index in [9.17, 15) is 0 Å². The molecule has 14 heavy (non-hydrogen) atoms. The molecule has 3 nitrogen and oxygen atoms in total. The number of hydrogen-bond acceptors (Lipinski definition) is 3. The highest BCUT2D eigenvalue weighted by atomic mass is 16.5. The van der Waals surface area contributed by atoms with Gasteiger partial charge in [0.2, 0.25) is 11.8 Å². The average molecular weight is 187 g/mol. The fourth-order valence-electron chi connectivity index (χ4n) is 1.07. The molecule has 70 valence electrons. The lowest BCUT2D eigenvalue weighted by atomic mass is 10.3. The molecular weight excluding hydrogens is 178 g/mol. The Bertz CT molecular complexity index is 415. The summed E-state index contributed by atoms with van der Waals surface area (Å²) in [6, 6.07) is 14.2. The number of para-hydroxylation sites is 1. The van der Waals surface area contributed by atoms with Crippen molar-refractivity contribution < 1.29 is 9.84 Å². The van der Waals surface area contributed by atoms with Crippen molar-refractivity contribution in [1.29, 1.82) is 0 Å². The third-order valence-corrected chi connectivity index (χ3v) is 1.67. The summed E-state index contributed by atoms with van der Waals surface area (Å²) in [5, 5.41) is 9.10. The standard InChI is InChI=1S/C11H9NO2/c13-10-7-4-8-11(12-10)14-9-5-2-1-3-6-9/h1-8H,(H,12,13). The lowest BCUT2D eigenvalue weighted by Crippen LogP contribution is -1.86. The fourth-order valence-corrected chi connectivity index (χ4v) is 1.07. The zero-order valence-electron chi connectivity index (χ0n) is 7.42. The molecule has 0 spiro atoms. The highest BCUT2D eigenvalue weighted by Gasteiger charge is 1.97. The van der Waals surface area contributed by atoms with Crippen LogP contribution in [0.1, 0.15) is 0 Å². The molecule has 0 amide bonds. The van der Waals surface area contributed by atoms with Gasteiger partial charge in [0, 0.05) is 12.1 Å². The van der Waals surface area contributed by atoms with Crippen molar-refractivity contribution in [2.45, 2.75) is 0 Å². The molecule has 1 heterocycles. The largest absolute Gasteiger partial charge is 0.493 e. The molecule has 0 aliphatic rings. The van der Waals surface area contributed by atoms with Crippen LogP contribution in [0, 0.1) is 0 Å². The van der Waals surface area contributed by atoms with E-state index < -0.39 is 0 Å². The molecular formula is C11H9NO2. The van der Waals surface area contributed by atoms with Crippen LogP contribution in [-0.2, 0) is 0 Å². The van der Waals surface area contributed by atoms with Gasteiger partial charge in [-0.1, -0.05) is 24.3 Å². The molecule has 1 N–H and O–H groups in total. The van der Waals surface area contributed by atoms with Gasteiger partial charge in [0.15, 0.2) is 0 Å². The molecule has 1 aromatic heterocycles. The number of pyridine rings is 1. The van der Waals surface area contributed by atoms with Gasteiger partial charge in [0.25, 0.3) is 0 Å². The summed E-state index contributed by atoms with van der Waals surface area (Å²) >= 11 is 0. The zero-order valence-corrected chi connectivity index (χ0v) is 7.42. The van der Waals surface area contributed by atoms with E-state index in [1.54, 1.807) is 12.1 Å². The van der Waals surface area contributed by atoms with Gasteiger partial charge in [-0.25, -0.2) is 0 Å². The summed E-state index contributed by atoms with van der Waals surface area (Å²) in [7, 11) is 0. The van der Waals surface area contributed by atoms with Gasteiger partial charge in [0.1, 0.15) is 5.75 Å². The summed E-state index contributed by atoms with van der Waals surface area (Å²) in [6.45, 7) is 0. The van der Waals surface area contributed by atoms with Crippen LogP contribution in [0.4, 0.5) is 0 Å². The minimum absolute atomic E-state index is 0.0431. The number of aromatic nitrogens is 1. The molecule has 0 aliphatic carbocycles. The van der Waals surface area contributed by atoms with Crippen LogP contribution in [0.5, 0.6) is 17.5 Å². The number of rotatable bonds is 2. The van der Waals surface area contributed by atoms with Crippen LogP contribution >= 0.6 is 0 Å². The fraction of sp³-hybridized carbons (Fsp3) is 0. The van der Waals surface area contributed by atoms with E-state index in [1.807, 2.05) is 30.3 Å². The van der Waals surface area contributed by atoms with E-state index in [0.717, 1.165) is 0 Å². The first-order valence-electron chi connectivity index (χ1n) is 4.23. The minimum atomic E-state index is -0.0431. The first-order chi connectivity index (χ1) is 6.84. The van der Waals surface area contributed by atoms with Gasteiger partial charge < -0.3 is 9.84 Å². The van der Waals surface area contributed by atoms with E-state index in [-0.39, 0.29) is 5.88 Å². The maximum absolute atomic E-state index is 9.10. The van der Waals surface area contributed by atoms with Crippen LogP contribution in [0.2, 0.25) is 0 Å². The maximum Gasteiger partial charge on any atom is 0.222 e. The molecule has 3 heteroatoms. The summed E-state index contributed by atoms with van der Waals surface area (Å²) in [4.78, 5) is 3.80. The molecule has 0 bridgehead atoms. The van der Waals surface area contributed by atoms with E-state index in [0.29, 0.717) is 11.6 Å². The van der Waals surface area contributed by atoms with E-state index in [1.165, 1.54) is 6.07 Å². The Morgan fingerprint density at radius 1 is 0.929 bits per heavy atom. The SMILES string of the molecule is Oc1cccc(Oc2ccccc2)n1. The van der Waals surface area contributed by atoms with Crippen molar-refractivity contribution in [2.24, 2.45) is 0 Å². The number of aromatic hydroxyl groups is 1. The van der Waals surface area contributed by atoms with Crippen molar-refractivity contribution >= 4 is 0 Å². The van der Waals surface area contributed by atoms with Gasteiger partial charge in [-0.2, -0.15) is 4.98 Å². The zero-order chi connectivity index (χ0) is 9.80. The third-order valence-electron chi connectivity index (χ3n) is 1.67. The van der Waals surface area contributed by atoms with Crippen molar-refractivity contribution in [3.63, 3.8) is 0 Å². The lowest BCUT2D eigenvalue weighted by molar-refractivity contribution is 0.419. The summed E-state index contributed by atoms with van der Waals surface area (Å²) in [5.41, 5.74) is 0. The number of hydrogen-bond donors (Lipinski definition) is 1. The van der Waals surface area contributed by atoms with Gasteiger partial charge in [-0.15, -0.1) is 0 Å². The summed E-state index contributed by atoms with van der Waals surface area (Å²) in [6.07, 6.45) is 0. The normalized spacial score (nSPS) is 9.71. The van der Waals surface area contributed by atoms with Crippen molar-refractivity contribution in [1.82, 2.24) is 4.98 Å². The lowest BCUT2D eigenvalue weighted by Gasteiger charge is -2.03. The minimum Gasteiger partial charge on any atom is -0.493 e. The Kier molecular flexibility index (Phi) is 2.32.